The van der Waals surface area contributed by atoms with E-state index >= 15 is 0 Å². The van der Waals surface area contributed by atoms with Crippen molar-refractivity contribution in [2.45, 2.75) is 0 Å². The summed E-state index contributed by atoms with van der Waals surface area (Å²) in [7, 11) is 1.73. The van der Waals surface area contributed by atoms with Crippen LogP contribution in [0.5, 0.6) is 0 Å². The van der Waals surface area contributed by atoms with Crippen molar-refractivity contribution < 1.29 is 4.92 Å². The predicted molar refractivity (Wildman–Crippen MR) is 59.6 cm³/mol. The zero-order chi connectivity index (χ0) is 12.4. The molecule has 2 rings (SSSR count). The normalized spacial score (nSPS) is 10.2. The number of nitrogens with two attached hydrogens (primary N) is 1. The number of nitrogens with one attached hydrogen (secondary N) is 1. The molecule has 0 amide bonds. The molecule has 2 aromatic rings. The summed E-state index contributed by atoms with van der Waals surface area (Å²) in [5.74, 6) is 0.262. The van der Waals surface area contributed by atoms with E-state index in [4.69, 9.17) is 5.73 Å². The summed E-state index contributed by atoms with van der Waals surface area (Å²) in [6.45, 7) is 0. The Bertz CT molecular complexity index is 565. The number of anilines is 3. The number of rotatable bonds is 3. The molecule has 9 nitrogen and oxygen atoms in total. The van der Waals surface area contributed by atoms with Gasteiger partial charge in [0.15, 0.2) is 5.82 Å². The van der Waals surface area contributed by atoms with Crippen molar-refractivity contribution in [2.75, 3.05) is 11.1 Å². The zero-order valence-electron chi connectivity index (χ0n) is 8.86. The molecule has 3 N–H and O–H groups in total. The van der Waals surface area contributed by atoms with Crippen LogP contribution < -0.4 is 11.1 Å². The molecule has 2 heterocycles. The number of hydrogen-bond acceptors (Lipinski definition) is 7. The first-order valence-corrected chi connectivity index (χ1v) is 4.59. The lowest BCUT2D eigenvalue weighted by Crippen LogP contribution is -2.05. The van der Waals surface area contributed by atoms with Gasteiger partial charge in [0.1, 0.15) is 6.33 Å². The molecule has 0 aliphatic heterocycles. The van der Waals surface area contributed by atoms with E-state index in [1.807, 2.05) is 0 Å². The van der Waals surface area contributed by atoms with Gasteiger partial charge in [0.05, 0.1) is 4.92 Å². The number of nitrogens with zero attached hydrogens (tertiary/aromatic N) is 5. The first-order valence-electron chi connectivity index (χ1n) is 4.59. The smallest absolute Gasteiger partial charge is 0.353 e. The van der Waals surface area contributed by atoms with Gasteiger partial charge in [-0.15, -0.1) is 0 Å². The Morgan fingerprint density at radius 3 is 2.88 bits per heavy atom. The fourth-order valence-corrected chi connectivity index (χ4v) is 1.27. The molecule has 0 saturated carbocycles. The van der Waals surface area contributed by atoms with Gasteiger partial charge < -0.3 is 11.1 Å². The van der Waals surface area contributed by atoms with Gasteiger partial charge in [0.25, 0.3) is 0 Å². The van der Waals surface area contributed by atoms with Crippen LogP contribution >= 0.6 is 0 Å². The van der Waals surface area contributed by atoms with Crippen molar-refractivity contribution in [1.82, 2.24) is 19.7 Å². The Labute approximate surface area is 95.4 Å². The maximum Gasteiger partial charge on any atom is 0.353 e. The summed E-state index contributed by atoms with van der Waals surface area (Å²) in [6, 6.07) is 1.65. The quantitative estimate of drug-likeness (QED) is 0.584. The minimum absolute atomic E-state index is 0.0150. The van der Waals surface area contributed by atoms with Gasteiger partial charge in [0, 0.05) is 19.3 Å². The molecule has 9 heteroatoms. The van der Waals surface area contributed by atoms with E-state index in [-0.39, 0.29) is 17.3 Å². The van der Waals surface area contributed by atoms with Gasteiger partial charge in [0.2, 0.25) is 11.6 Å². The molecule has 0 atom stereocenters. The Morgan fingerprint density at radius 2 is 2.29 bits per heavy atom. The number of aromatic nitrogens is 4. The monoisotopic (exact) mass is 235 g/mol. The van der Waals surface area contributed by atoms with Crippen molar-refractivity contribution in [3.63, 3.8) is 0 Å². The van der Waals surface area contributed by atoms with Crippen molar-refractivity contribution in [2.24, 2.45) is 7.05 Å². The highest BCUT2D eigenvalue weighted by Crippen LogP contribution is 2.28. The summed E-state index contributed by atoms with van der Waals surface area (Å²) in [5.41, 5.74) is 5.06. The maximum absolute atomic E-state index is 10.8. The minimum atomic E-state index is -0.638. The summed E-state index contributed by atoms with van der Waals surface area (Å²) >= 11 is 0. The first kappa shape index (κ1) is 10.8. The molecule has 88 valence electrons. The van der Waals surface area contributed by atoms with Crippen molar-refractivity contribution >= 4 is 23.1 Å². The standard InChI is InChI=1S/C8H9N7O2/c1-14-3-2-5(13-14)12-8-6(15(16)17)7(9)10-4-11-8/h2-4H,1H3,(H3,9,10,11,12,13). The van der Waals surface area contributed by atoms with Gasteiger partial charge in [-0.1, -0.05) is 0 Å². The van der Waals surface area contributed by atoms with Crippen LogP contribution in [0.4, 0.5) is 23.1 Å². The molecule has 0 aliphatic carbocycles. The third-order valence-electron chi connectivity index (χ3n) is 1.99. The maximum atomic E-state index is 10.8. The predicted octanol–water partition coefficient (Wildman–Crippen LogP) is 0.444. The second-order valence-electron chi connectivity index (χ2n) is 3.21. The molecule has 0 aliphatic rings. The van der Waals surface area contributed by atoms with Crippen LogP contribution in [0, 0.1) is 10.1 Å². The highest BCUT2D eigenvalue weighted by atomic mass is 16.6. The van der Waals surface area contributed by atoms with E-state index in [2.05, 4.69) is 20.4 Å². The molecule has 0 fully saturated rings. The number of nitrogen functional groups attached to an aromatic ring is 1. The lowest BCUT2D eigenvalue weighted by Gasteiger charge is -2.03. The van der Waals surface area contributed by atoms with Gasteiger partial charge in [-0.2, -0.15) is 5.10 Å². The van der Waals surface area contributed by atoms with Gasteiger partial charge in [-0.3, -0.25) is 14.8 Å². The summed E-state index contributed by atoms with van der Waals surface area (Å²) in [6.07, 6.45) is 2.84. The first-order chi connectivity index (χ1) is 8.08. The summed E-state index contributed by atoms with van der Waals surface area (Å²) in [4.78, 5) is 17.5. The molecule has 2 aromatic heterocycles. The van der Waals surface area contributed by atoms with E-state index in [9.17, 15) is 10.1 Å². The van der Waals surface area contributed by atoms with Crippen LogP contribution in [0.1, 0.15) is 0 Å². The molecular formula is C8H9N7O2. The van der Waals surface area contributed by atoms with Gasteiger partial charge in [-0.25, -0.2) is 9.97 Å². The topological polar surface area (TPSA) is 125 Å². The van der Waals surface area contributed by atoms with Crippen LogP contribution in [-0.2, 0) is 7.05 Å². The van der Waals surface area contributed by atoms with Crippen molar-refractivity contribution in [3.8, 4) is 0 Å². The Kier molecular flexibility index (Phi) is 2.57. The second-order valence-corrected chi connectivity index (χ2v) is 3.21. The largest absolute Gasteiger partial charge is 0.378 e. The molecule has 17 heavy (non-hydrogen) atoms. The Morgan fingerprint density at radius 1 is 1.53 bits per heavy atom. The molecule has 0 spiro atoms. The highest BCUT2D eigenvalue weighted by molar-refractivity contribution is 5.70. The molecule has 0 bridgehead atoms. The van der Waals surface area contributed by atoms with Crippen LogP contribution in [0.15, 0.2) is 18.6 Å². The summed E-state index contributed by atoms with van der Waals surface area (Å²) < 4.78 is 1.55. The third-order valence-corrected chi connectivity index (χ3v) is 1.99. The van der Waals surface area contributed by atoms with Crippen molar-refractivity contribution in [3.05, 3.63) is 28.7 Å². The lowest BCUT2D eigenvalue weighted by atomic mass is 10.4. The van der Waals surface area contributed by atoms with E-state index in [1.165, 1.54) is 0 Å². The Balaban J connectivity index is 2.39. The number of hydrogen-bond donors (Lipinski definition) is 2. The molecule has 0 unspecified atom stereocenters. The van der Waals surface area contributed by atoms with E-state index in [0.29, 0.717) is 5.82 Å². The van der Waals surface area contributed by atoms with Gasteiger partial charge >= 0.3 is 5.69 Å². The lowest BCUT2D eigenvalue weighted by molar-refractivity contribution is -0.383. The van der Waals surface area contributed by atoms with Crippen molar-refractivity contribution in [1.29, 1.82) is 0 Å². The molecular weight excluding hydrogens is 226 g/mol. The average Bonchev–Trinajstić information content (AvgIpc) is 2.63. The van der Waals surface area contributed by atoms with Crippen LogP contribution in [0.3, 0.4) is 0 Å². The van der Waals surface area contributed by atoms with E-state index in [1.54, 1.807) is 24.0 Å². The number of aryl methyl sites for hydroxylation is 1. The van der Waals surface area contributed by atoms with E-state index < -0.39 is 4.92 Å². The minimum Gasteiger partial charge on any atom is -0.378 e. The fourth-order valence-electron chi connectivity index (χ4n) is 1.27. The molecule has 0 saturated heterocycles. The van der Waals surface area contributed by atoms with Crippen LogP contribution in [0.25, 0.3) is 0 Å². The molecule has 0 radical (unpaired) electrons. The second kappa shape index (κ2) is 4.04. The Hall–Kier alpha value is -2.71. The van der Waals surface area contributed by atoms with Gasteiger partial charge in [-0.05, 0) is 0 Å². The van der Waals surface area contributed by atoms with Crippen LogP contribution in [0.2, 0.25) is 0 Å². The average molecular weight is 235 g/mol. The number of nitro groups is 1. The molecule has 0 aromatic carbocycles. The summed E-state index contributed by atoms with van der Waals surface area (Å²) in [5, 5.41) is 17.5. The van der Waals surface area contributed by atoms with Crippen LogP contribution in [-0.4, -0.2) is 24.7 Å². The third kappa shape index (κ3) is 2.12. The highest BCUT2D eigenvalue weighted by Gasteiger charge is 2.21. The fraction of sp³-hybridized carbons (Fsp3) is 0.125. The van der Waals surface area contributed by atoms with E-state index in [0.717, 1.165) is 6.33 Å². The SMILES string of the molecule is Cn1ccc(Nc2ncnc(N)c2[N+](=O)[O-])n1. The zero-order valence-corrected chi connectivity index (χ0v) is 8.86.